The highest BCUT2D eigenvalue weighted by Crippen LogP contribution is 2.25. The predicted molar refractivity (Wildman–Crippen MR) is 73.4 cm³/mol. The molecule has 0 aliphatic heterocycles. The average Bonchev–Trinajstić information content (AvgIpc) is 2.84. The number of nitro benzene ring substituents is 1. The van der Waals surface area contributed by atoms with Crippen LogP contribution in [0.2, 0.25) is 0 Å². The molecule has 0 atom stereocenters. The first-order chi connectivity index (χ1) is 9.49. The minimum absolute atomic E-state index is 0.0270. The van der Waals surface area contributed by atoms with Crippen LogP contribution in [0.25, 0.3) is 0 Å². The summed E-state index contributed by atoms with van der Waals surface area (Å²) < 4.78 is 5.48. The highest BCUT2D eigenvalue weighted by Gasteiger charge is 2.13. The van der Waals surface area contributed by atoms with Crippen molar-refractivity contribution >= 4 is 23.0 Å². The van der Waals surface area contributed by atoms with Crippen LogP contribution in [0.3, 0.4) is 0 Å². The number of hydrogen-bond donors (Lipinski definition) is 1. The molecule has 0 amide bonds. The molecule has 0 saturated carbocycles. The third-order valence-electron chi connectivity index (χ3n) is 2.70. The Labute approximate surface area is 118 Å². The van der Waals surface area contributed by atoms with E-state index < -0.39 is 10.9 Å². The zero-order chi connectivity index (χ0) is 14.7. The number of benzene rings is 1. The number of nitro groups is 1. The monoisotopic (exact) mass is 293 g/mol. The lowest BCUT2D eigenvalue weighted by Gasteiger charge is -2.07. The van der Waals surface area contributed by atoms with Crippen molar-refractivity contribution in [3.05, 3.63) is 55.8 Å². The molecule has 0 aliphatic rings. The van der Waals surface area contributed by atoms with E-state index in [2.05, 4.69) is 0 Å². The van der Waals surface area contributed by atoms with Crippen LogP contribution >= 0.6 is 11.3 Å². The maximum Gasteiger partial charge on any atom is 0.346 e. The Hall–Kier alpha value is -2.41. The van der Waals surface area contributed by atoms with Crippen molar-refractivity contribution < 1.29 is 19.6 Å². The number of ether oxygens (including phenoxy) is 1. The number of carboxylic acid groups (broad SMARTS) is 1. The highest BCUT2D eigenvalue weighted by atomic mass is 32.1. The molecule has 0 bridgehead atoms. The van der Waals surface area contributed by atoms with Gasteiger partial charge in [-0.3, -0.25) is 10.1 Å². The molecule has 0 fully saturated rings. The standard InChI is InChI=1S/C13H11NO5S/c1-8-6-10(2-3-11(8)14(17)18)19-7-9-4-5-20-12(9)13(15)16/h2-6H,7H2,1H3,(H,15,16). The molecule has 0 saturated heterocycles. The molecule has 0 aliphatic carbocycles. The van der Waals surface area contributed by atoms with Gasteiger partial charge in [-0.1, -0.05) is 0 Å². The Bertz CT molecular complexity index is 665. The molecule has 6 nitrogen and oxygen atoms in total. The topological polar surface area (TPSA) is 89.7 Å². The minimum Gasteiger partial charge on any atom is -0.489 e. The molecule has 20 heavy (non-hydrogen) atoms. The maximum absolute atomic E-state index is 10.9. The summed E-state index contributed by atoms with van der Waals surface area (Å²) in [5.74, 6) is -0.519. The fourth-order valence-corrected chi connectivity index (χ4v) is 2.47. The van der Waals surface area contributed by atoms with Gasteiger partial charge in [-0.15, -0.1) is 11.3 Å². The molecule has 1 heterocycles. The Kier molecular flexibility index (Phi) is 3.99. The molecule has 2 rings (SSSR count). The van der Waals surface area contributed by atoms with Gasteiger partial charge in [0.15, 0.2) is 0 Å². The zero-order valence-corrected chi connectivity index (χ0v) is 11.3. The van der Waals surface area contributed by atoms with Gasteiger partial charge >= 0.3 is 5.97 Å². The molecule has 0 unspecified atom stereocenters. The smallest absolute Gasteiger partial charge is 0.346 e. The van der Waals surface area contributed by atoms with Gasteiger partial charge in [0.05, 0.1) is 4.92 Å². The molecule has 1 aromatic heterocycles. The van der Waals surface area contributed by atoms with E-state index in [1.807, 2.05) is 0 Å². The molecule has 2 aromatic rings. The first kappa shape index (κ1) is 14.0. The van der Waals surface area contributed by atoms with E-state index in [1.54, 1.807) is 24.4 Å². The molecule has 0 radical (unpaired) electrons. The summed E-state index contributed by atoms with van der Waals surface area (Å²) in [6, 6.07) is 6.12. The lowest BCUT2D eigenvalue weighted by Crippen LogP contribution is -2.02. The molecular formula is C13H11NO5S. The van der Waals surface area contributed by atoms with Crippen LogP contribution < -0.4 is 4.74 Å². The summed E-state index contributed by atoms with van der Waals surface area (Å²) in [5, 5.41) is 21.4. The number of carboxylic acids is 1. The normalized spacial score (nSPS) is 10.2. The molecular weight excluding hydrogens is 282 g/mol. The Morgan fingerprint density at radius 1 is 1.45 bits per heavy atom. The number of nitrogens with zero attached hydrogens (tertiary/aromatic N) is 1. The van der Waals surface area contributed by atoms with Crippen molar-refractivity contribution in [2.75, 3.05) is 0 Å². The van der Waals surface area contributed by atoms with Crippen molar-refractivity contribution in [3.8, 4) is 5.75 Å². The third-order valence-corrected chi connectivity index (χ3v) is 3.64. The first-order valence-electron chi connectivity index (χ1n) is 5.66. The number of aromatic carboxylic acids is 1. The van der Waals surface area contributed by atoms with Gasteiger partial charge < -0.3 is 9.84 Å². The predicted octanol–water partition coefficient (Wildman–Crippen LogP) is 3.24. The van der Waals surface area contributed by atoms with Crippen molar-refractivity contribution in [1.82, 2.24) is 0 Å². The first-order valence-corrected chi connectivity index (χ1v) is 6.54. The summed E-state index contributed by atoms with van der Waals surface area (Å²) in [6.07, 6.45) is 0. The van der Waals surface area contributed by atoms with E-state index in [0.717, 1.165) is 11.3 Å². The second-order valence-electron chi connectivity index (χ2n) is 4.07. The minimum atomic E-state index is -0.988. The number of carbonyl (C=O) groups is 1. The summed E-state index contributed by atoms with van der Waals surface area (Å²) >= 11 is 1.13. The number of hydrogen-bond acceptors (Lipinski definition) is 5. The van der Waals surface area contributed by atoms with Crippen molar-refractivity contribution in [3.63, 3.8) is 0 Å². The number of thiophene rings is 1. The van der Waals surface area contributed by atoms with Crippen LogP contribution in [-0.4, -0.2) is 16.0 Å². The maximum atomic E-state index is 10.9. The van der Waals surface area contributed by atoms with Gasteiger partial charge in [0.1, 0.15) is 17.2 Å². The number of aryl methyl sites for hydroxylation is 1. The van der Waals surface area contributed by atoms with Crippen LogP contribution in [0.1, 0.15) is 20.8 Å². The Morgan fingerprint density at radius 3 is 2.80 bits per heavy atom. The summed E-state index contributed by atoms with van der Waals surface area (Å²) in [4.78, 5) is 21.4. The van der Waals surface area contributed by atoms with Crippen molar-refractivity contribution in [2.45, 2.75) is 13.5 Å². The van der Waals surface area contributed by atoms with Gasteiger partial charge in [-0.25, -0.2) is 4.79 Å². The van der Waals surface area contributed by atoms with E-state index in [0.29, 0.717) is 16.9 Å². The van der Waals surface area contributed by atoms with Crippen LogP contribution in [0.5, 0.6) is 5.75 Å². The highest BCUT2D eigenvalue weighted by molar-refractivity contribution is 7.12. The average molecular weight is 293 g/mol. The lowest BCUT2D eigenvalue weighted by atomic mass is 10.2. The van der Waals surface area contributed by atoms with Gasteiger partial charge in [-0.05, 0) is 30.5 Å². The van der Waals surface area contributed by atoms with Crippen LogP contribution in [-0.2, 0) is 6.61 Å². The number of rotatable bonds is 5. The largest absolute Gasteiger partial charge is 0.489 e. The van der Waals surface area contributed by atoms with Crippen molar-refractivity contribution in [1.29, 1.82) is 0 Å². The quantitative estimate of drug-likeness (QED) is 0.675. The van der Waals surface area contributed by atoms with Gasteiger partial charge in [0.2, 0.25) is 0 Å². The second-order valence-corrected chi connectivity index (χ2v) is 4.99. The molecule has 1 N–H and O–H groups in total. The van der Waals surface area contributed by atoms with E-state index in [-0.39, 0.29) is 17.2 Å². The zero-order valence-electron chi connectivity index (χ0n) is 10.5. The van der Waals surface area contributed by atoms with E-state index in [9.17, 15) is 14.9 Å². The second kappa shape index (κ2) is 5.70. The van der Waals surface area contributed by atoms with Crippen molar-refractivity contribution in [2.24, 2.45) is 0 Å². The molecule has 104 valence electrons. The molecule has 1 aromatic carbocycles. The van der Waals surface area contributed by atoms with E-state index in [4.69, 9.17) is 9.84 Å². The summed E-state index contributed by atoms with van der Waals surface area (Å²) in [6.45, 7) is 1.74. The van der Waals surface area contributed by atoms with E-state index in [1.165, 1.54) is 12.1 Å². The van der Waals surface area contributed by atoms with Gasteiger partial charge in [0.25, 0.3) is 5.69 Å². The Morgan fingerprint density at radius 2 is 2.20 bits per heavy atom. The van der Waals surface area contributed by atoms with E-state index >= 15 is 0 Å². The summed E-state index contributed by atoms with van der Waals surface area (Å²) in [7, 11) is 0. The van der Waals surface area contributed by atoms with Gasteiger partial charge in [0, 0.05) is 17.2 Å². The molecule has 0 spiro atoms. The van der Waals surface area contributed by atoms with Crippen LogP contribution in [0, 0.1) is 17.0 Å². The van der Waals surface area contributed by atoms with Gasteiger partial charge in [-0.2, -0.15) is 0 Å². The Balaban J connectivity index is 2.11. The van der Waals surface area contributed by atoms with Crippen LogP contribution in [0.4, 0.5) is 5.69 Å². The summed E-state index contributed by atoms with van der Waals surface area (Å²) in [5.41, 5.74) is 1.11. The SMILES string of the molecule is Cc1cc(OCc2ccsc2C(=O)O)ccc1[N+](=O)[O-]. The fraction of sp³-hybridized carbons (Fsp3) is 0.154. The lowest BCUT2D eigenvalue weighted by molar-refractivity contribution is -0.385. The van der Waals surface area contributed by atoms with Crippen LogP contribution in [0.15, 0.2) is 29.6 Å². The fourth-order valence-electron chi connectivity index (χ4n) is 1.72. The molecule has 7 heteroatoms. The third kappa shape index (κ3) is 2.94.